The highest BCUT2D eigenvalue weighted by Gasteiger charge is 2.59. The summed E-state index contributed by atoms with van der Waals surface area (Å²) in [5.74, 6) is 0.885. The number of hydrogen-bond acceptors (Lipinski definition) is 3. The predicted molar refractivity (Wildman–Crippen MR) is 80.9 cm³/mol. The van der Waals surface area contributed by atoms with Crippen LogP contribution in [0, 0.1) is 5.92 Å². The van der Waals surface area contributed by atoms with Gasteiger partial charge in [0.1, 0.15) is 5.60 Å². The molecule has 2 saturated heterocycles. The lowest BCUT2D eigenvalue weighted by Crippen LogP contribution is -2.62. The molecule has 1 saturated carbocycles. The highest BCUT2D eigenvalue weighted by Crippen LogP contribution is 2.49. The van der Waals surface area contributed by atoms with E-state index < -0.39 is 0 Å². The zero-order valence-electron chi connectivity index (χ0n) is 13.6. The Morgan fingerprint density at radius 3 is 2.40 bits per heavy atom. The van der Waals surface area contributed by atoms with Crippen molar-refractivity contribution in [2.75, 3.05) is 13.1 Å². The highest BCUT2D eigenvalue weighted by atomic mass is 16.6. The third-order valence-electron chi connectivity index (χ3n) is 5.59. The Balaban J connectivity index is 1.70. The molecule has 0 radical (unpaired) electrons. The maximum atomic E-state index is 6.66. The second kappa shape index (κ2) is 4.96. The van der Waals surface area contributed by atoms with E-state index in [1.54, 1.807) is 0 Å². The van der Waals surface area contributed by atoms with Crippen molar-refractivity contribution in [1.29, 1.82) is 0 Å². The van der Waals surface area contributed by atoms with E-state index >= 15 is 0 Å². The number of hydrogen-bond donors (Lipinski definition) is 1. The summed E-state index contributed by atoms with van der Waals surface area (Å²) in [5, 5.41) is 3.63. The summed E-state index contributed by atoms with van der Waals surface area (Å²) in [6.45, 7) is 10.7. The van der Waals surface area contributed by atoms with Gasteiger partial charge in [0, 0.05) is 19.5 Å². The fourth-order valence-corrected chi connectivity index (χ4v) is 4.77. The molecular weight excluding hydrogens is 250 g/mol. The molecule has 1 N–H and O–H groups in total. The van der Waals surface area contributed by atoms with E-state index in [0.29, 0.717) is 6.10 Å². The van der Waals surface area contributed by atoms with Crippen LogP contribution in [0.2, 0.25) is 0 Å². The first-order valence-electron chi connectivity index (χ1n) is 8.41. The quantitative estimate of drug-likeness (QED) is 0.842. The van der Waals surface area contributed by atoms with Crippen molar-refractivity contribution in [3.05, 3.63) is 0 Å². The molecule has 3 aliphatic rings. The molecule has 3 heteroatoms. The fraction of sp³-hybridized carbons (Fsp3) is 1.00. The van der Waals surface area contributed by atoms with Gasteiger partial charge in [-0.2, -0.15) is 0 Å². The van der Waals surface area contributed by atoms with Gasteiger partial charge in [0.2, 0.25) is 0 Å². The van der Waals surface area contributed by atoms with Crippen LogP contribution < -0.4 is 5.32 Å². The summed E-state index contributed by atoms with van der Waals surface area (Å²) in [5.41, 5.74) is -0.448. The number of ether oxygens (including phenoxy) is 2. The number of rotatable bonds is 2. The molecular formula is C17H31NO2. The third-order valence-corrected chi connectivity index (χ3v) is 5.59. The number of nitrogens with one attached hydrogen (secondary N) is 1. The topological polar surface area (TPSA) is 30.5 Å². The smallest absolute Gasteiger partial charge is 0.112 e. The van der Waals surface area contributed by atoms with Gasteiger partial charge in [-0.1, -0.05) is 25.7 Å². The fourth-order valence-electron chi connectivity index (χ4n) is 4.77. The SMILES string of the molecule is CC1(C)CC2(CNCC(CC3CCCC3)O2)C(C)(C)O1. The minimum absolute atomic E-state index is 0.0829. The first kappa shape index (κ1) is 14.8. The summed E-state index contributed by atoms with van der Waals surface area (Å²) >= 11 is 0. The molecule has 1 aliphatic carbocycles. The Morgan fingerprint density at radius 1 is 1.10 bits per heavy atom. The molecule has 0 aromatic rings. The monoisotopic (exact) mass is 281 g/mol. The van der Waals surface area contributed by atoms with Crippen molar-refractivity contribution in [3.63, 3.8) is 0 Å². The minimum atomic E-state index is -0.210. The predicted octanol–water partition coefficient (Wildman–Crippen LogP) is 3.27. The Labute approximate surface area is 123 Å². The minimum Gasteiger partial charge on any atom is -0.367 e. The van der Waals surface area contributed by atoms with Gasteiger partial charge in [-0.05, 0) is 40.0 Å². The standard InChI is InChI=1S/C17H31NO2/c1-15(2)11-17(16(3,4)20-15)12-18-10-14(19-17)9-13-7-5-6-8-13/h13-14,18H,5-12H2,1-4H3. The summed E-state index contributed by atoms with van der Waals surface area (Å²) in [4.78, 5) is 0. The molecule has 2 atom stereocenters. The van der Waals surface area contributed by atoms with E-state index in [0.717, 1.165) is 25.4 Å². The van der Waals surface area contributed by atoms with Crippen molar-refractivity contribution in [2.45, 2.75) is 89.1 Å². The average molecular weight is 281 g/mol. The molecule has 3 rings (SSSR count). The first-order valence-corrected chi connectivity index (χ1v) is 8.41. The first-order chi connectivity index (χ1) is 9.32. The number of morpholine rings is 1. The molecule has 2 heterocycles. The van der Waals surface area contributed by atoms with Crippen LogP contribution in [-0.4, -0.2) is 36.0 Å². The Hall–Kier alpha value is -0.120. The summed E-state index contributed by atoms with van der Waals surface area (Å²) in [7, 11) is 0. The lowest BCUT2D eigenvalue weighted by Gasteiger charge is -2.46. The zero-order chi connectivity index (χ0) is 14.4. The van der Waals surface area contributed by atoms with E-state index in [4.69, 9.17) is 9.47 Å². The van der Waals surface area contributed by atoms with Gasteiger partial charge >= 0.3 is 0 Å². The molecule has 0 bridgehead atoms. The molecule has 1 spiro atoms. The van der Waals surface area contributed by atoms with Crippen molar-refractivity contribution in [1.82, 2.24) is 5.32 Å². The molecule has 116 valence electrons. The van der Waals surface area contributed by atoms with E-state index in [1.165, 1.54) is 32.1 Å². The van der Waals surface area contributed by atoms with Crippen molar-refractivity contribution in [2.24, 2.45) is 5.92 Å². The van der Waals surface area contributed by atoms with Gasteiger partial charge < -0.3 is 14.8 Å². The van der Waals surface area contributed by atoms with Crippen molar-refractivity contribution < 1.29 is 9.47 Å². The van der Waals surface area contributed by atoms with Gasteiger partial charge in [0.25, 0.3) is 0 Å². The van der Waals surface area contributed by atoms with Crippen molar-refractivity contribution >= 4 is 0 Å². The van der Waals surface area contributed by atoms with Gasteiger partial charge in [-0.25, -0.2) is 0 Å². The van der Waals surface area contributed by atoms with E-state index in [1.807, 2.05) is 0 Å². The lowest BCUT2D eigenvalue weighted by molar-refractivity contribution is -0.189. The van der Waals surface area contributed by atoms with E-state index in [9.17, 15) is 0 Å². The van der Waals surface area contributed by atoms with Gasteiger partial charge in [-0.15, -0.1) is 0 Å². The lowest BCUT2D eigenvalue weighted by atomic mass is 9.80. The summed E-state index contributed by atoms with van der Waals surface area (Å²) in [6, 6.07) is 0. The normalized spacial score (nSPS) is 40.5. The highest BCUT2D eigenvalue weighted by molar-refractivity contribution is 5.10. The van der Waals surface area contributed by atoms with Crippen LogP contribution >= 0.6 is 0 Å². The third kappa shape index (κ3) is 2.65. The molecule has 0 aromatic carbocycles. The molecule has 3 nitrogen and oxygen atoms in total. The van der Waals surface area contributed by atoms with Gasteiger partial charge in [-0.3, -0.25) is 0 Å². The van der Waals surface area contributed by atoms with Crippen molar-refractivity contribution in [3.8, 4) is 0 Å². The second-order valence-corrected chi connectivity index (χ2v) is 8.30. The van der Waals surface area contributed by atoms with Crippen LogP contribution in [0.3, 0.4) is 0 Å². The van der Waals surface area contributed by atoms with Gasteiger partial charge in [0.05, 0.1) is 17.3 Å². The molecule has 2 unspecified atom stereocenters. The van der Waals surface area contributed by atoms with E-state index in [-0.39, 0.29) is 16.8 Å². The maximum absolute atomic E-state index is 6.66. The molecule has 3 fully saturated rings. The van der Waals surface area contributed by atoms with Crippen LogP contribution in [0.1, 0.15) is 66.2 Å². The zero-order valence-corrected chi connectivity index (χ0v) is 13.6. The Kier molecular flexibility index (Phi) is 3.67. The molecule has 2 aliphatic heterocycles. The average Bonchev–Trinajstić information content (AvgIpc) is 2.84. The second-order valence-electron chi connectivity index (χ2n) is 8.30. The van der Waals surface area contributed by atoms with Crippen LogP contribution in [0.15, 0.2) is 0 Å². The summed E-state index contributed by atoms with van der Waals surface area (Å²) < 4.78 is 12.9. The van der Waals surface area contributed by atoms with Crippen LogP contribution in [0.25, 0.3) is 0 Å². The van der Waals surface area contributed by atoms with Crippen LogP contribution in [0.4, 0.5) is 0 Å². The Morgan fingerprint density at radius 2 is 1.80 bits per heavy atom. The largest absolute Gasteiger partial charge is 0.367 e. The van der Waals surface area contributed by atoms with Crippen LogP contribution in [0.5, 0.6) is 0 Å². The van der Waals surface area contributed by atoms with Gasteiger partial charge in [0.15, 0.2) is 0 Å². The van der Waals surface area contributed by atoms with Crippen LogP contribution in [-0.2, 0) is 9.47 Å². The molecule has 0 aromatic heterocycles. The maximum Gasteiger partial charge on any atom is 0.112 e. The Bertz CT molecular complexity index is 360. The molecule has 0 amide bonds. The van der Waals surface area contributed by atoms with E-state index in [2.05, 4.69) is 33.0 Å². The molecule has 20 heavy (non-hydrogen) atoms. The summed E-state index contributed by atoms with van der Waals surface area (Å²) in [6.07, 6.45) is 8.21.